The Morgan fingerprint density at radius 3 is 2.22 bits per heavy atom. The summed E-state index contributed by atoms with van der Waals surface area (Å²) >= 11 is 0. The highest BCUT2D eigenvalue weighted by Crippen LogP contribution is 2.59. The van der Waals surface area contributed by atoms with Crippen molar-refractivity contribution in [2.75, 3.05) is 0 Å². The van der Waals surface area contributed by atoms with E-state index in [0.29, 0.717) is 25.2 Å². The van der Waals surface area contributed by atoms with Crippen LogP contribution in [-0.4, -0.2) is 32.6 Å². The Morgan fingerprint density at radius 2 is 1.67 bits per heavy atom. The Labute approximate surface area is 110 Å². The zero-order chi connectivity index (χ0) is 13.8. The molecule has 0 amide bonds. The van der Waals surface area contributed by atoms with Gasteiger partial charge in [0.1, 0.15) is 0 Å². The van der Waals surface area contributed by atoms with E-state index in [0.717, 1.165) is 12.8 Å². The molecule has 2 aliphatic carbocycles. The molecule has 3 heteroatoms. The van der Waals surface area contributed by atoms with Crippen molar-refractivity contribution in [3.05, 3.63) is 0 Å². The van der Waals surface area contributed by atoms with Crippen LogP contribution in [0.2, 0.25) is 0 Å². The maximum atomic E-state index is 11.2. The van der Waals surface area contributed by atoms with Crippen LogP contribution in [0.5, 0.6) is 0 Å². The average Bonchev–Trinajstić information content (AvgIpc) is 2.46. The average molecular weight is 256 g/mol. The summed E-state index contributed by atoms with van der Waals surface area (Å²) in [6.07, 6.45) is 2.81. The van der Waals surface area contributed by atoms with Crippen molar-refractivity contribution in [2.24, 2.45) is 17.3 Å². The van der Waals surface area contributed by atoms with Crippen LogP contribution < -0.4 is 0 Å². The molecule has 3 nitrogen and oxygen atoms in total. The van der Waals surface area contributed by atoms with E-state index in [9.17, 15) is 15.3 Å². The lowest BCUT2D eigenvalue weighted by Gasteiger charge is -2.43. The molecule has 0 aromatic rings. The molecule has 0 spiro atoms. The molecule has 106 valence electrons. The van der Waals surface area contributed by atoms with Gasteiger partial charge in [-0.15, -0.1) is 0 Å². The molecular weight excluding hydrogens is 228 g/mol. The summed E-state index contributed by atoms with van der Waals surface area (Å²) in [7, 11) is 0. The Morgan fingerprint density at radius 1 is 1.06 bits per heavy atom. The van der Waals surface area contributed by atoms with Crippen LogP contribution in [0.3, 0.4) is 0 Å². The molecule has 18 heavy (non-hydrogen) atoms. The molecule has 0 bridgehead atoms. The Bertz CT molecular complexity index is 326. The van der Waals surface area contributed by atoms with Gasteiger partial charge in [0.25, 0.3) is 0 Å². The minimum Gasteiger partial charge on any atom is -0.390 e. The maximum absolute atomic E-state index is 11.2. The van der Waals surface area contributed by atoms with Crippen LogP contribution in [0.1, 0.15) is 59.8 Å². The first-order valence-corrected chi connectivity index (χ1v) is 7.25. The number of fused-ring (bicyclic) bond motifs is 1. The summed E-state index contributed by atoms with van der Waals surface area (Å²) in [5.74, 6) is 0.723. The van der Waals surface area contributed by atoms with E-state index in [2.05, 4.69) is 20.8 Å². The van der Waals surface area contributed by atoms with Crippen LogP contribution in [0, 0.1) is 17.3 Å². The molecule has 2 fully saturated rings. The zero-order valence-electron chi connectivity index (χ0n) is 12.1. The number of aliphatic hydroxyl groups excluding tert-OH is 1. The highest BCUT2D eigenvalue weighted by atomic mass is 16.3. The predicted octanol–water partition coefficient (Wildman–Crippen LogP) is 2.09. The van der Waals surface area contributed by atoms with E-state index in [1.807, 2.05) is 0 Å². The van der Waals surface area contributed by atoms with E-state index in [1.165, 1.54) is 0 Å². The van der Waals surface area contributed by atoms with Gasteiger partial charge in [-0.3, -0.25) is 0 Å². The SMILES string of the molecule is CC(C)[C@H]1CC[C@]2(C)C[C@@H](O)[C@](C)(O)CC[C@]12O. The lowest BCUT2D eigenvalue weighted by molar-refractivity contribution is -0.107. The molecule has 2 aliphatic rings. The third-order valence-electron chi connectivity index (χ3n) is 5.84. The van der Waals surface area contributed by atoms with Gasteiger partial charge in [-0.2, -0.15) is 0 Å². The van der Waals surface area contributed by atoms with E-state index >= 15 is 0 Å². The standard InChI is InChI=1S/C15H28O3/c1-10(2)11-5-6-13(3)9-12(16)14(4,17)7-8-15(11,13)18/h10-12,16-18H,5-9H2,1-4H3/t11-,12-,13-,14-,15+/m1/s1. The van der Waals surface area contributed by atoms with Gasteiger partial charge < -0.3 is 15.3 Å². The lowest BCUT2D eigenvalue weighted by atomic mass is 9.67. The topological polar surface area (TPSA) is 60.7 Å². The first-order chi connectivity index (χ1) is 8.12. The van der Waals surface area contributed by atoms with E-state index in [-0.39, 0.29) is 11.3 Å². The Hall–Kier alpha value is -0.120. The van der Waals surface area contributed by atoms with Crippen molar-refractivity contribution in [2.45, 2.75) is 77.1 Å². The zero-order valence-corrected chi connectivity index (χ0v) is 12.1. The Kier molecular flexibility index (Phi) is 3.33. The molecule has 3 N–H and O–H groups in total. The van der Waals surface area contributed by atoms with Gasteiger partial charge >= 0.3 is 0 Å². The quantitative estimate of drug-likeness (QED) is 0.673. The van der Waals surface area contributed by atoms with Gasteiger partial charge in [-0.05, 0) is 56.3 Å². The Balaban J connectivity index is 2.35. The summed E-state index contributed by atoms with van der Waals surface area (Å²) in [4.78, 5) is 0. The summed E-state index contributed by atoms with van der Waals surface area (Å²) in [6, 6.07) is 0. The van der Waals surface area contributed by atoms with Gasteiger partial charge in [-0.1, -0.05) is 20.8 Å². The van der Waals surface area contributed by atoms with Gasteiger partial charge in [0, 0.05) is 0 Å². The minimum absolute atomic E-state index is 0.262. The van der Waals surface area contributed by atoms with Gasteiger partial charge in [0.05, 0.1) is 17.3 Å². The molecule has 0 aromatic carbocycles. The number of aliphatic hydroxyl groups is 3. The number of hydrogen-bond acceptors (Lipinski definition) is 3. The van der Waals surface area contributed by atoms with Crippen LogP contribution in [-0.2, 0) is 0 Å². The molecular formula is C15H28O3. The van der Waals surface area contributed by atoms with Gasteiger partial charge in [0.15, 0.2) is 0 Å². The number of hydrogen-bond donors (Lipinski definition) is 3. The molecule has 0 heterocycles. The van der Waals surface area contributed by atoms with E-state index < -0.39 is 17.3 Å². The van der Waals surface area contributed by atoms with Crippen molar-refractivity contribution in [3.63, 3.8) is 0 Å². The molecule has 5 atom stereocenters. The highest BCUT2D eigenvalue weighted by Gasteiger charge is 2.60. The van der Waals surface area contributed by atoms with Crippen molar-refractivity contribution >= 4 is 0 Å². The third-order valence-corrected chi connectivity index (χ3v) is 5.84. The molecule has 0 saturated heterocycles. The second kappa shape index (κ2) is 4.19. The molecule has 0 aliphatic heterocycles. The van der Waals surface area contributed by atoms with Crippen LogP contribution in [0.25, 0.3) is 0 Å². The van der Waals surface area contributed by atoms with Gasteiger partial charge in [0.2, 0.25) is 0 Å². The molecule has 2 saturated carbocycles. The summed E-state index contributed by atoms with van der Waals surface area (Å²) in [6.45, 7) is 8.09. The second-order valence-electron chi connectivity index (χ2n) is 7.45. The first-order valence-electron chi connectivity index (χ1n) is 7.25. The summed E-state index contributed by atoms with van der Waals surface area (Å²) in [5.41, 5.74) is -2.06. The normalized spacial score (nSPS) is 53.3. The van der Waals surface area contributed by atoms with E-state index in [4.69, 9.17) is 0 Å². The predicted molar refractivity (Wildman–Crippen MR) is 71.1 cm³/mol. The fourth-order valence-electron chi connectivity index (χ4n) is 4.28. The highest BCUT2D eigenvalue weighted by molar-refractivity contribution is 5.11. The molecule has 0 radical (unpaired) electrons. The van der Waals surface area contributed by atoms with Crippen molar-refractivity contribution in [3.8, 4) is 0 Å². The van der Waals surface area contributed by atoms with Crippen molar-refractivity contribution in [1.82, 2.24) is 0 Å². The smallest absolute Gasteiger partial charge is 0.0878 e. The maximum Gasteiger partial charge on any atom is 0.0878 e. The van der Waals surface area contributed by atoms with Crippen molar-refractivity contribution in [1.29, 1.82) is 0 Å². The van der Waals surface area contributed by atoms with Crippen LogP contribution in [0.15, 0.2) is 0 Å². The van der Waals surface area contributed by atoms with Crippen LogP contribution >= 0.6 is 0 Å². The molecule has 2 rings (SSSR count). The monoisotopic (exact) mass is 256 g/mol. The summed E-state index contributed by atoms with van der Waals surface area (Å²) < 4.78 is 0. The number of rotatable bonds is 1. The summed E-state index contributed by atoms with van der Waals surface area (Å²) in [5, 5.41) is 31.7. The molecule has 0 unspecified atom stereocenters. The first kappa shape index (κ1) is 14.3. The van der Waals surface area contributed by atoms with Crippen LogP contribution in [0.4, 0.5) is 0 Å². The van der Waals surface area contributed by atoms with Gasteiger partial charge in [-0.25, -0.2) is 0 Å². The fraction of sp³-hybridized carbons (Fsp3) is 1.00. The fourth-order valence-corrected chi connectivity index (χ4v) is 4.28. The largest absolute Gasteiger partial charge is 0.390 e. The third kappa shape index (κ3) is 1.91. The second-order valence-corrected chi connectivity index (χ2v) is 7.45. The van der Waals surface area contributed by atoms with Crippen molar-refractivity contribution < 1.29 is 15.3 Å². The molecule has 0 aromatic heterocycles. The lowest BCUT2D eigenvalue weighted by Crippen LogP contribution is -2.48. The van der Waals surface area contributed by atoms with E-state index in [1.54, 1.807) is 6.92 Å². The minimum atomic E-state index is -1.06.